The molecule has 2 aromatic carbocycles. The molecule has 0 aliphatic carbocycles. The van der Waals surface area contributed by atoms with Gasteiger partial charge in [-0.25, -0.2) is 0 Å². The first-order valence-corrected chi connectivity index (χ1v) is 15.8. The highest BCUT2D eigenvalue weighted by molar-refractivity contribution is 6.05. The summed E-state index contributed by atoms with van der Waals surface area (Å²) in [5, 5.41) is 15.1. The molecule has 3 aliphatic heterocycles. The number of benzene rings is 2. The molecule has 0 saturated carbocycles. The summed E-state index contributed by atoms with van der Waals surface area (Å²) in [7, 11) is 0. The van der Waals surface area contributed by atoms with Crippen molar-refractivity contribution in [3.8, 4) is 0 Å². The number of fused-ring (bicyclic) bond motifs is 2. The van der Waals surface area contributed by atoms with E-state index in [2.05, 4.69) is 18.5 Å². The molecule has 10 nitrogen and oxygen atoms in total. The number of rotatable bonds is 14. The third-order valence-electron chi connectivity index (χ3n) is 9.42. The summed E-state index contributed by atoms with van der Waals surface area (Å²) < 4.78 is 12.3. The van der Waals surface area contributed by atoms with Gasteiger partial charge in [0.15, 0.2) is 0 Å². The van der Waals surface area contributed by atoms with Crippen LogP contribution in [-0.4, -0.2) is 83.3 Å². The van der Waals surface area contributed by atoms with Gasteiger partial charge in [0, 0.05) is 18.7 Å². The average Bonchev–Trinajstić information content (AvgIpc) is 3.69. The Morgan fingerprint density at radius 2 is 1.96 bits per heavy atom. The zero-order valence-corrected chi connectivity index (χ0v) is 26.0. The van der Waals surface area contributed by atoms with E-state index in [4.69, 9.17) is 9.47 Å². The summed E-state index contributed by atoms with van der Waals surface area (Å²) in [6.07, 6.45) is 4.22. The van der Waals surface area contributed by atoms with Gasteiger partial charge in [-0.3, -0.25) is 19.2 Å². The zero-order valence-electron chi connectivity index (χ0n) is 26.0. The van der Waals surface area contributed by atoms with E-state index in [1.165, 1.54) is 4.90 Å². The molecule has 45 heavy (non-hydrogen) atoms. The van der Waals surface area contributed by atoms with Crippen LogP contribution in [0.2, 0.25) is 0 Å². The number of aliphatic hydroxyl groups is 1. The Balaban J connectivity index is 1.45. The van der Waals surface area contributed by atoms with Crippen LogP contribution in [0, 0.1) is 11.8 Å². The second-order valence-electron chi connectivity index (χ2n) is 12.2. The van der Waals surface area contributed by atoms with E-state index in [9.17, 15) is 24.3 Å². The Morgan fingerprint density at radius 1 is 1.20 bits per heavy atom. The number of nitrogens with zero attached hydrogens (tertiary/aromatic N) is 2. The van der Waals surface area contributed by atoms with E-state index in [0.717, 1.165) is 10.8 Å². The zero-order chi connectivity index (χ0) is 32.3. The lowest BCUT2D eigenvalue weighted by Gasteiger charge is -2.39. The Labute approximate surface area is 264 Å². The summed E-state index contributed by atoms with van der Waals surface area (Å²) in [5.41, 5.74) is -0.598. The van der Waals surface area contributed by atoms with Crippen LogP contribution in [-0.2, 0) is 28.7 Å². The van der Waals surface area contributed by atoms with Gasteiger partial charge in [0.1, 0.15) is 17.7 Å². The SMILES string of the molecule is C=CCCC(=O)NC[C@H](C)OC(=O)[C@@H]1[C@H]2C(=O)N([C@@H](CC)CO)[C@H](C(=O)N(CC=C)c3ccc4ccccc4c3)[C@]23CC[C@H]1O3. The van der Waals surface area contributed by atoms with Crippen LogP contribution in [0.1, 0.15) is 46.0 Å². The minimum absolute atomic E-state index is 0.127. The van der Waals surface area contributed by atoms with Gasteiger partial charge in [0.05, 0.1) is 37.1 Å². The second kappa shape index (κ2) is 13.5. The number of esters is 1. The number of allylic oxidation sites excluding steroid dienone is 1. The maximum atomic E-state index is 14.7. The van der Waals surface area contributed by atoms with Crippen molar-refractivity contribution in [1.29, 1.82) is 0 Å². The number of likely N-dealkylation sites (tertiary alicyclic amines) is 1. The van der Waals surface area contributed by atoms with Crippen molar-refractivity contribution < 1.29 is 33.8 Å². The van der Waals surface area contributed by atoms with Crippen LogP contribution in [0.15, 0.2) is 67.8 Å². The molecule has 3 heterocycles. The number of nitrogens with one attached hydrogen (secondary N) is 1. The third kappa shape index (κ3) is 5.89. The number of hydrogen-bond donors (Lipinski definition) is 2. The van der Waals surface area contributed by atoms with Gasteiger partial charge in [0.2, 0.25) is 11.8 Å². The van der Waals surface area contributed by atoms with Crippen LogP contribution in [0.5, 0.6) is 0 Å². The van der Waals surface area contributed by atoms with Crippen molar-refractivity contribution in [1.82, 2.24) is 10.2 Å². The first-order chi connectivity index (χ1) is 21.7. The molecule has 2 N–H and O–H groups in total. The number of carbonyl (C=O) groups excluding carboxylic acids is 4. The van der Waals surface area contributed by atoms with Crippen molar-refractivity contribution in [3.05, 3.63) is 67.8 Å². The molecule has 3 amide bonds. The lowest BCUT2D eigenvalue weighted by Crippen LogP contribution is -2.59. The number of ether oxygens (including phenoxy) is 2. The minimum atomic E-state index is -1.25. The highest BCUT2D eigenvalue weighted by Gasteiger charge is 2.75. The Bertz CT molecular complexity index is 1470. The molecule has 0 unspecified atom stereocenters. The highest BCUT2D eigenvalue weighted by atomic mass is 16.6. The monoisotopic (exact) mass is 617 g/mol. The van der Waals surface area contributed by atoms with Gasteiger partial charge in [0.25, 0.3) is 5.91 Å². The molecule has 240 valence electrons. The molecule has 3 aliphatic rings. The lowest BCUT2D eigenvalue weighted by molar-refractivity contribution is -0.159. The van der Waals surface area contributed by atoms with E-state index in [0.29, 0.717) is 37.8 Å². The van der Waals surface area contributed by atoms with Gasteiger partial charge in [-0.15, -0.1) is 13.2 Å². The molecule has 3 saturated heterocycles. The first-order valence-electron chi connectivity index (χ1n) is 15.8. The normalized spacial score (nSPS) is 26.3. The maximum absolute atomic E-state index is 14.7. The van der Waals surface area contributed by atoms with E-state index in [1.54, 1.807) is 24.0 Å². The van der Waals surface area contributed by atoms with Crippen LogP contribution in [0.25, 0.3) is 10.8 Å². The Kier molecular flexibility index (Phi) is 9.74. The fraction of sp³-hybridized carbons (Fsp3) is 0.486. The summed E-state index contributed by atoms with van der Waals surface area (Å²) >= 11 is 0. The largest absolute Gasteiger partial charge is 0.460 e. The topological polar surface area (TPSA) is 125 Å². The van der Waals surface area contributed by atoms with Gasteiger partial charge in [-0.1, -0.05) is 49.4 Å². The first kappa shape index (κ1) is 32.4. The summed E-state index contributed by atoms with van der Waals surface area (Å²) in [6, 6.07) is 11.9. The van der Waals surface area contributed by atoms with E-state index >= 15 is 0 Å². The Hall–Kier alpha value is -4.02. The Morgan fingerprint density at radius 3 is 2.64 bits per heavy atom. The van der Waals surface area contributed by atoms with Gasteiger partial charge >= 0.3 is 5.97 Å². The van der Waals surface area contributed by atoms with Gasteiger partial charge in [-0.2, -0.15) is 0 Å². The molecule has 0 aromatic heterocycles. The summed E-state index contributed by atoms with van der Waals surface area (Å²) in [5.74, 6) is -3.34. The van der Waals surface area contributed by atoms with Crippen LogP contribution in [0.4, 0.5) is 5.69 Å². The van der Waals surface area contributed by atoms with Crippen LogP contribution in [0.3, 0.4) is 0 Å². The predicted octanol–water partition coefficient (Wildman–Crippen LogP) is 3.52. The molecule has 2 bridgehead atoms. The van der Waals surface area contributed by atoms with Crippen LogP contribution >= 0.6 is 0 Å². The molecule has 5 rings (SSSR count). The molecular formula is C35H43N3O7. The third-order valence-corrected chi connectivity index (χ3v) is 9.42. The van der Waals surface area contributed by atoms with E-state index in [-0.39, 0.29) is 37.4 Å². The second-order valence-corrected chi connectivity index (χ2v) is 12.2. The van der Waals surface area contributed by atoms with Gasteiger partial charge < -0.3 is 29.7 Å². The van der Waals surface area contributed by atoms with Crippen molar-refractivity contribution in [3.63, 3.8) is 0 Å². The molecule has 3 fully saturated rings. The maximum Gasteiger partial charge on any atom is 0.312 e. The number of amides is 3. The molecule has 0 radical (unpaired) electrons. The summed E-state index contributed by atoms with van der Waals surface area (Å²) in [4.78, 5) is 57.8. The fourth-order valence-corrected chi connectivity index (χ4v) is 7.29. The number of hydrogen-bond acceptors (Lipinski definition) is 7. The van der Waals surface area contributed by atoms with E-state index < -0.39 is 47.7 Å². The lowest BCUT2D eigenvalue weighted by atomic mass is 9.70. The van der Waals surface area contributed by atoms with Crippen LogP contribution < -0.4 is 10.2 Å². The van der Waals surface area contributed by atoms with E-state index in [1.807, 2.05) is 49.4 Å². The van der Waals surface area contributed by atoms with Crippen molar-refractivity contribution >= 4 is 40.2 Å². The van der Waals surface area contributed by atoms with Gasteiger partial charge in [-0.05, 0) is 55.5 Å². The number of anilines is 1. The average molecular weight is 618 g/mol. The number of aliphatic hydroxyl groups excluding tert-OH is 1. The molecule has 7 atom stereocenters. The smallest absolute Gasteiger partial charge is 0.312 e. The standard InChI is InChI=1S/C35H43N3O7/c1-5-8-13-28(40)36-20-22(4)44-34(43)29-27-16-17-35(45-27)30(29)32(41)38(25(7-3)21-39)31(35)33(42)37(18-6-2)26-15-14-23-11-9-10-12-24(23)19-26/h5-6,9-12,14-15,19,22,25,27,29-31,39H,1-2,7-8,13,16-18,20-21H2,3-4H3,(H,36,40)/t22-,25-,27+,29-,30-,31+,35-/m0/s1. The van der Waals surface area contributed by atoms with Crippen molar-refractivity contribution in [2.24, 2.45) is 11.8 Å². The molecular weight excluding hydrogens is 574 g/mol. The number of carbonyl (C=O) groups is 4. The highest BCUT2D eigenvalue weighted by Crippen LogP contribution is 2.59. The fourth-order valence-electron chi connectivity index (χ4n) is 7.29. The van der Waals surface area contributed by atoms with Crippen molar-refractivity contribution in [2.45, 2.75) is 75.8 Å². The minimum Gasteiger partial charge on any atom is -0.460 e. The molecule has 2 aromatic rings. The summed E-state index contributed by atoms with van der Waals surface area (Å²) in [6.45, 7) is 11.0. The predicted molar refractivity (Wildman–Crippen MR) is 170 cm³/mol. The molecule has 10 heteroatoms. The quantitative estimate of drug-likeness (QED) is 0.246. The molecule has 1 spiro atoms. The van der Waals surface area contributed by atoms with Crippen molar-refractivity contribution in [2.75, 3.05) is 24.6 Å².